The number of amides is 1. The van der Waals surface area contributed by atoms with E-state index in [4.69, 9.17) is 4.74 Å². The molecule has 2 aromatic carbocycles. The molecule has 0 saturated heterocycles. The Kier molecular flexibility index (Phi) is 6.44. The van der Waals surface area contributed by atoms with Crippen molar-refractivity contribution < 1.29 is 9.53 Å². The molecule has 29 heavy (non-hydrogen) atoms. The summed E-state index contributed by atoms with van der Waals surface area (Å²) in [6, 6.07) is 15.2. The number of para-hydroxylation sites is 3. The number of hydrogen-bond acceptors (Lipinski definition) is 5. The summed E-state index contributed by atoms with van der Waals surface area (Å²) in [6.07, 6.45) is 1.78. The van der Waals surface area contributed by atoms with E-state index in [9.17, 15) is 4.79 Å². The molecule has 0 fully saturated rings. The van der Waals surface area contributed by atoms with Gasteiger partial charge in [-0.2, -0.15) is 0 Å². The molecule has 0 aliphatic rings. The highest BCUT2D eigenvalue weighted by atomic mass is 16.5. The van der Waals surface area contributed by atoms with Crippen LogP contribution < -0.4 is 15.4 Å². The monoisotopic (exact) mass is 390 g/mol. The lowest BCUT2D eigenvalue weighted by molar-refractivity contribution is 0.102. The lowest BCUT2D eigenvalue weighted by atomic mass is 10.0. The molecule has 150 valence electrons. The summed E-state index contributed by atoms with van der Waals surface area (Å²) in [5, 5.41) is 6.20. The highest BCUT2D eigenvalue weighted by molar-refractivity contribution is 6.04. The third kappa shape index (κ3) is 4.71. The minimum Gasteiger partial charge on any atom is -0.495 e. The van der Waals surface area contributed by atoms with Crippen LogP contribution in [0.3, 0.4) is 0 Å². The van der Waals surface area contributed by atoms with Crippen molar-refractivity contribution in [3.05, 3.63) is 71.0 Å². The van der Waals surface area contributed by atoms with Gasteiger partial charge in [0, 0.05) is 11.4 Å². The summed E-state index contributed by atoms with van der Waals surface area (Å²) in [5.41, 5.74) is 4.98. The maximum atomic E-state index is 12.8. The maximum Gasteiger partial charge on any atom is 0.274 e. The molecular formula is C23H26N4O2. The quantitative estimate of drug-likeness (QED) is 0.599. The molecule has 0 spiro atoms. The Morgan fingerprint density at radius 3 is 2.34 bits per heavy atom. The van der Waals surface area contributed by atoms with Crippen molar-refractivity contribution in [2.45, 2.75) is 33.6 Å². The standard InChI is InChI=1S/C23H26N4O2/c1-5-16-10-9-11-17(6-2)21(16)27-23-24-15(3)14-19(26-23)22(28)25-18-12-7-8-13-20(18)29-4/h7-14H,5-6H2,1-4H3,(H,25,28)(H,24,26,27). The number of hydrogen-bond donors (Lipinski definition) is 2. The number of nitrogens with zero attached hydrogens (tertiary/aromatic N) is 2. The first-order valence-corrected chi connectivity index (χ1v) is 9.73. The number of carbonyl (C=O) groups is 1. The van der Waals surface area contributed by atoms with Crippen LogP contribution in [-0.2, 0) is 12.8 Å². The Labute approximate surface area is 171 Å². The molecule has 2 N–H and O–H groups in total. The third-order valence-corrected chi connectivity index (χ3v) is 4.68. The smallest absolute Gasteiger partial charge is 0.274 e. The van der Waals surface area contributed by atoms with Crippen LogP contribution in [-0.4, -0.2) is 23.0 Å². The zero-order chi connectivity index (χ0) is 20.8. The molecule has 1 amide bonds. The fraction of sp³-hybridized carbons (Fsp3) is 0.261. The highest BCUT2D eigenvalue weighted by Gasteiger charge is 2.15. The fourth-order valence-electron chi connectivity index (χ4n) is 3.19. The zero-order valence-electron chi connectivity index (χ0n) is 17.2. The summed E-state index contributed by atoms with van der Waals surface area (Å²) < 4.78 is 5.30. The Hall–Kier alpha value is -3.41. The van der Waals surface area contributed by atoms with Gasteiger partial charge in [0.15, 0.2) is 0 Å². The van der Waals surface area contributed by atoms with E-state index in [0.717, 1.165) is 18.5 Å². The first-order valence-electron chi connectivity index (χ1n) is 9.73. The summed E-state index contributed by atoms with van der Waals surface area (Å²) in [4.78, 5) is 21.7. The zero-order valence-corrected chi connectivity index (χ0v) is 17.2. The molecule has 0 bridgehead atoms. The fourth-order valence-corrected chi connectivity index (χ4v) is 3.19. The van der Waals surface area contributed by atoms with Crippen molar-refractivity contribution in [1.82, 2.24) is 9.97 Å². The second-order valence-electron chi connectivity index (χ2n) is 6.66. The molecule has 1 heterocycles. The number of anilines is 3. The number of aromatic nitrogens is 2. The van der Waals surface area contributed by atoms with Crippen molar-refractivity contribution in [2.24, 2.45) is 0 Å². The lowest BCUT2D eigenvalue weighted by Crippen LogP contribution is -2.16. The molecule has 0 unspecified atom stereocenters. The largest absolute Gasteiger partial charge is 0.495 e. The second kappa shape index (κ2) is 9.19. The van der Waals surface area contributed by atoms with E-state index in [0.29, 0.717) is 23.1 Å². The van der Waals surface area contributed by atoms with Crippen LogP contribution in [0.15, 0.2) is 48.5 Å². The first-order chi connectivity index (χ1) is 14.0. The van der Waals surface area contributed by atoms with E-state index in [-0.39, 0.29) is 11.6 Å². The molecular weight excluding hydrogens is 364 g/mol. The number of benzene rings is 2. The number of rotatable bonds is 7. The van der Waals surface area contributed by atoms with E-state index in [2.05, 4.69) is 52.6 Å². The average Bonchev–Trinajstić information content (AvgIpc) is 2.73. The van der Waals surface area contributed by atoms with Crippen LogP contribution in [0.5, 0.6) is 5.75 Å². The molecule has 6 nitrogen and oxygen atoms in total. The van der Waals surface area contributed by atoms with Crippen molar-refractivity contribution in [3.8, 4) is 5.75 Å². The Morgan fingerprint density at radius 2 is 1.69 bits per heavy atom. The van der Waals surface area contributed by atoms with Gasteiger partial charge in [-0.05, 0) is 49.1 Å². The van der Waals surface area contributed by atoms with E-state index < -0.39 is 0 Å². The number of carbonyl (C=O) groups excluding carboxylic acids is 1. The predicted octanol–water partition coefficient (Wildman–Crippen LogP) is 4.91. The number of aryl methyl sites for hydroxylation is 3. The molecule has 6 heteroatoms. The number of ether oxygens (including phenoxy) is 1. The molecule has 1 aromatic heterocycles. The minimum absolute atomic E-state index is 0.290. The van der Waals surface area contributed by atoms with Gasteiger partial charge in [0.1, 0.15) is 11.4 Å². The van der Waals surface area contributed by atoms with Crippen molar-refractivity contribution in [3.63, 3.8) is 0 Å². The molecule has 0 aliphatic heterocycles. The van der Waals surface area contributed by atoms with Crippen LogP contribution in [0.25, 0.3) is 0 Å². The summed E-state index contributed by atoms with van der Waals surface area (Å²) >= 11 is 0. The van der Waals surface area contributed by atoms with Crippen LogP contribution in [0.1, 0.15) is 41.2 Å². The topological polar surface area (TPSA) is 76.1 Å². The highest BCUT2D eigenvalue weighted by Crippen LogP contribution is 2.26. The first kappa shape index (κ1) is 20.3. The maximum absolute atomic E-state index is 12.8. The SMILES string of the molecule is CCc1cccc(CC)c1Nc1nc(C)cc(C(=O)Nc2ccccc2OC)n1. The van der Waals surface area contributed by atoms with Gasteiger partial charge in [0.2, 0.25) is 5.95 Å². The Balaban J connectivity index is 1.90. The molecule has 3 aromatic rings. The van der Waals surface area contributed by atoms with Crippen LogP contribution >= 0.6 is 0 Å². The Bertz CT molecular complexity index is 995. The van der Waals surface area contributed by atoms with Gasteiger partial charge in [-0.25, -0.2) is 9.97 Å². The van der Waals surface area contributed by atoms with Gasteiger partial charge in [0.05, 0.1) is 12.8 Å². The molecule has 0 radical (unpaired) electrons. The van der Waals surface area contributed by atoms with Gasteiger partial charge >= 0.3 is 0 Å². The minimum atomic E-state index is -0.317. The lowest BCUT2D eigenvalue weighted by Gasteiger charge is -2.15. The third-order valence-electron chi connectivity index (χ3n) is 4.68. The van der Waals surface area contributed by atoms with Crippen LogP contribution in [0.4, 0.5) is 17.3 Å². The summed E-state index contributed by atoms with van der Waals surface area (Å²) in [7, 11) is 1.57. The predicted molar refractivity (Wildman–Crippen MR) is 116 cm³/mol. The van der Waals surface area contributed by atoms with E-state index in [1.807, 2.05) is 19.1 Å². The van der Waals surface area contributed by atoms with Gasteiger partial charge < -0.3 is 15.4 Å². The molecule has 3 rings (SSSR count). The van der Waals surface area contributed by atoms with Crippen molar-refractivity contribution in [1.29, 1.82) is 0 Å². The molecule has 0 atom stereocenters. The second-order valence-corrected chi connectivity index (χ2v) is 6.66. The van der Waals surface area contributed by atoms with E-state index in [1.54, 1.807) is 25.3 Å². The molecule has 0 aliphatic carbocycles. The summed E-state index contributed by atoms with van der Waals surface area (Å²) in [6.45, 7) is 6.07. The number of methoxy groups -OCH3 is 1. The molecule has 0 saturated carbocycles. The van der Waals surface area contributed by atoms with Crippen LogP contribution in [0.2, 0.25) is 0 Å². The normalized spacial score (nSPS) is 10.5. The van der Waals surface area contributed by atoms with E-state index >= 15 is 0 Å². The summed E-state index contributed by atoms with van der Waals surface area (Å²) in [5.74, 6) is 0.683. The van der Waals surface area contributed by atoms with Crippen molar-refractivity contribution >= 4 is 23.2 Å². The van der Waals surface area contributed by atoms with Gasteiger partial charge in [0.25, 0.3) is 5.91 Å². The van der Waals surface area contributed by atoms with E-state index in [1.165, 1.54) is 11.1 Å². The number of nitrogens with one attached hydrogen (secondary N) is 2. The van der Waals surface area contributed by atoms with Gasteiger partial charge in [-0.1, -0.05) is 44.2 Å². The van der Waals surface area contributed by atoms with Gasteiger partial charge in [-0.3, -0.25) is 4.79 Å². The Morgan fingerprint density at radius 1 is 1.00 bits per heavy atom. The van der Waals surface area contributed by atoms with Gasteiger partial charge in [-0.15, -0.1) is 0 Å². The van der Waals surface area contributed by atoms with Crippen molar-refractivity contribution in [2.75, 3.05) is 17.7 Å². The van der Waals surface area contributed by atoms with Crippen LogP contribution in [0, 0.1) is 6.92 Å². The average molecular weight is 390 g/mol.